The largest absolute Gasteiger partial charge is 0.477 e. The molecule has 1 atom stereocenters. The SMILES string of the molecule is Cc1ccccc1[C@H](C)NC(=O)c1nc[nH]c1C(=O)O. The number of imidazole rings is 1. The van der Waals surface area contributed by atoms with Crippen LogP contribution in [0.1, 0.15) is 45.1 Å². The second kappa shape index (κ2) is 5.56. The second-order valence-corrected chi connectivity index (χ2v) is 4.48. The Morgan fingerprint density at radius 2 is 2.05 bits per heavy atom. The van der Waals surface area contributed by atoms with E-state index >= 15 is 0 Å². The van der Waals surface area contributed by atoms with Crippen LogP contribution in [-0.4, -0.2) is 27.0 Å². The molecule has 104 valence electrons. The number of benzene rings is 1. The lowest BCUT2D eigenvalue weighted by atomic mass is 10.0. The Morgan fingerprint density at radius 1 is 1.35 bits per heavy atom. The maximum absolute atomic E-state index is 12.1. The number of aromatic amines is 1. The summed E-state index contributed by atoms with van der Waals surface area (Å²) < 4.78 is 0. The van der Waals surface area contributed by atoms with Crippen molar-refractivity contribution >= 4 is 11.9 Å². The van der Waals surface area contributed by atoms with E-state index in [0.717, 1.165) is 11.1 Å². The third kappa shape index (κ3) is 2.69. The molecule has 0 saturated heterocycles. The van der Waals surface area contributed by atoms with Crippen molar-refractivity contribution in [3.05, 3.63) is 53.1 Å². The Bertz CT molecular complexity index is 649. The predicted octanol–water partition coefficient (Wildman–Crippen LogP) is 1.91. The van der Waals surface area contributed by atoms with Crippen LogP contribution in [0.15, 0.2) is 30.6 Å². The summed E-state index contributed by atoms with van der Waals surface area (Å²) >= 11 is 0. The zero-order chi connectivity index (χ0) is 14.7. The van der Waals surface area contributed by atoms with Crippen molar-refractivity contribution in [3.8, 4) is 0 Å². The average Bonchev–Trinajstić information content (AvgIpc) is 2.88. The number of H-pyrrole nitrogens is 1. The lowest BCUT2D eigenvalue weighted by Gasteiger charge is -2.16. The molecule has 0 aliphatic rings. The Kier molecular flexibility index (Phi) is 3.84. The Morgan fingerprint density at radius 3 is 2.70 bits per heavy atom. The lowest BCUT2D eigenvalue weighted by molar-refractivity contribution is 0.0684. The van der Waals surface area contributed by atoms with Crippen LogP contribution in [0.2, 0.25) is 0 Å². The molecular formula is C14H15N3O3. The van der Waals surface area contributed by atoms with E-state index in [0.29, 0.717) is 0 Å². The van der Waals surface area contributed by atoms with E-state index < -0.39 is 11.9 Å². The van der Waals surface area contributed by atoms with Gasteiger partial charge in [-0.15, -0.1) is 0 Å². The molecule has 0 aliphatic heterocycles. The summed E-state index contributed by atoms with van der Waals surface area (Å²) in [7, 11) is 0. The molecule has 2 aromatic rings. The van der Waals surface area contributed by atoms with Crippen LogP contribution in [0.4, 0.5) is 0 Å². The Labute approximate surface area is 115 Å². The van der Waals surface area contributed by atoms with Gasteiger partial charge >= 0.3 is 5.97 Å². The van der Waals surface area contributed by atoms with Crippen LogP contribution in [0, 0.1) is 6.92 Å². The standard InChI is InChI=1S/C14H15N3O3/c1-8-5-3-4-6-10(8)9(2)17-13(18)11-12(14(19)20)16-7-15-11/h3-7,9H,1-2H3,(H,15,16)(H,17,18)(H,19,20)/t9-/m0/s1. The van der Waals surface area contributed by atoms with Gasteiger partial charge in [-0.3, -0.25) is 4.79 Å². The average molecular weight is 273 g/mol. The number of carbonyl (C=O) groups is 2. The number of hydrogen-bond donors (Lipinski definition) is 3. The highest BCUT2D eigenvalue weighted by Gasteiger charge is 2.21. The third-order valence-electron chi connectivity index (χ3n) is 3.07. The van der Waals surface area contributed by atoms with Crippen molar-refractivity contribution in [1.82, 2.24) is 15.3 Å². The number of aromatic carboxylic acids is 1. The summed E-state index contributed by atoms with van der Waals surface area (Å²) in [5.74, 6) is -1.73. The quantitative estimate of drug-likeness (QED) is 0.793. The van der Waals surface area contributed by atoms with Gasteiger partial charge < -0.3 is 15.4 Å². The van der Waals surface area contributed by atoms with Gasteiger partial charge in [0.1, 0.15) is 0 Å². The first kappa shape index (κ1) is 13.8. The van der Waals surface area contributed by atoms with Crippen LogP contribution >= 0.6 is 0 Å². The van der Waals surface area contributed by atoms with Gasteiger partial charge in [0.15, 0.2) is 11.4 Å². The molecule has 0 unspecified atom stereocenters. The van der Waals surface area contributed by atoms with Gasteiger partial charge in [-0.2, -0.15) is 0 Å². The van der Waals surface area contributed by atoms with E-state index in [1.54, 1.807) is 0 Å². The minimum absolute atomic E-state index is 0.113. The van der Waals surface area contributed by atoms with Crippen LogP contribution in [0.25, 0.3) is 0 Å². The van der Waals surface area contributed by atoms with E-state index in [-0.39, 0.29) is 17.4 Å². The molecule has 2 rings (SSSR count). The monoisotopic (exact) mass is 273 g/mol. The topological polar surface area (TPSA) is 95.1 Å². The van der Waals surface area contributed by atoms with Gasteiger partial charge in [0, 0.05) is 0 Å². The number of nitrogens with zero attached hydrogens (tertiary/aromatic N) is 1. The number of carbonyl (C=O) groups excluding carboxylic acids is 1. The highest BCUT2D eigenvalue weighted by atomic mass is 16.4. The zero-order valence-electron chi connectivity index (χ0n) is 11.2. The second-order valence-electron chi connectivity index (χ2n) is 4.48. The van der Waals surface area contributed by atoms with E-state index in [4.69, 9.17) is 5.11 Å². The van der Waals surface area contributed by atoms with Gasteiger partial charge in [-0.25, -0.2) is 9.78 Å². The number of carboxylic acids is 1. The molecule has 1 heterocycles. The summed E-state index contributed by atoms with van der Waals surface area (Å²) in [6, 6.07) is 7.45. The van der Waals surface area contributed by atoms with E-state index in [2.05, 4.69) is 15.3 Å². The van der Waals surface area contributed by atoms with Crippen LogP contribution < -0.4 is 5.32 Å². The first-order valence-electron chi connectivity index (χ1n) is 6.13. The molecule has 6 nitrogen and oxygen atoms in total. The van der Waals surface area contributed by atoms with Crippen molar-refractivity contribution < 1.29 is 14.7 Å². The van der Waals surface area contributed by atoms with E-state index in [1.165, 1.54) is 6.33 Å². The Balaban J connectivity index is 2.18. The molecule has 0 saturated carbocycles. The highest BCUT2D eigenvalue weighted by molar-refractivity contribution is 6.02. The van der Waals surface area contributed by atoms with Gasteiger partial charge in [-0.05, 0) is 25.0 Å². The Hall–Kier alpha value is -2.63. The van der Waals surface area contributed by atoms with Crippen molar-refractivity contribution in [2.45, 2.75) is 19.9 Å². The van der Waals surface area contributed by atoms with Crippen molar-refractivity contribution in [3.63, 3.8) is 0 Å². The van der Waals surface area contributed by atoms with Crippen LogP contribution in [-0.2, 0) is 0 Å². The van der Waals surface area contributed by atoms with Crippen molar-refractivity contribution in [1.29, 1.82) is 0 Å². The molecule has 0 bridgehead atoms. The number of carboxylic acid groups (broad SMARTS) is 1. The van der Waals surface area contributed by atoms with Crippen LogP contribution in [0.5, 0.6) is 0 Å². The summed E-state index contributed by atoms with van der Waals surface area (Å²) in [6.07, 6.45) is 1.19. The fraction of sp³-hybridized carbons (Fsp3) is 0.214. The predicted molar refractivity (Wildman–Crippen MR) is 72.6 cm³/mol. The van der Waals surface area contributed by atoms with Crippen LogP contribution in [0.3, 0.4) is 0 Å². The molecule has 0 fully saturated rings. The van der Waals surface area contributed by atoms with Gasteiger partial charge in [0.2, 0.25) is 0 Å². The molecule has 1 amide bonds. The minimum Gasteiger partial charge on any atom is -0.477 e. The fourth-order valence-corrected chi connectivity index (χ4v) is 2.04. The first-order valence-corrected chi connectivity index (χ1v) is 6.13. The molecule has 20 heavy (non-hydrogen) atoms. The zero-order valence-corrected chi connectivity index (χ0v) is 11.2. The maximum atomic E-state index is 12.1. The smallest absolute Gasteiger partial charge is 0.354 e. The molecular weight excluding hydrogens is 258 g/mol. The summed E-state index contributed by atoms with van der Waals surface area (Å²) in [5, 5.41) is 11.7. The van der Waals surface area contributed by atoms with E-state index in [9.17, 15) is 9.59 Å². The maximum Gasteiger partial charge on any atom is 0.354 e. The number of nitrogens with one attached hydrogen (secondary N) is 2. The lowest BCUT2D eigenvalue weighted by Crippen LogP contribution is -2.28. The number of hydrogen-bond acceptors (Lipinski definition) is 3. The van der Waals surface area contributed by atoms with Gasteiger partial charge in [-0.1, -0.05) is 24.3 Å². The first-order chi connectivity index (χ1) is 9.50. The summed E-state index contributed by atoms with van der Waals surface area (Å²) in [5.41, 5.74) is 1.71. The molecule has 6 heteroatoms. The fourth-order valence-electron chi connectivity index (χ4n) is 2.04. The molecule has 1 aromatic heterocycles. The number of rotatable bonds is 4. The molecule has 0 spiro atoms. The van der Waals surface area contributed by atoms with Crippen molar-refractivity contribution in [2.75, 3.05) is 0 Å². The minimum atomic E-state index is -1.21. The number of amides is 1. The van der Waals surface area contributed by atoms with Gasteiger partial charge in [0.05, 0.1) is 12.4 Å². The molecule has 1 aromatic carbocycles. The third-order valence-corrected chi connectivity index (χ3v) is 3.07. The molecule has 0 radical (unpaired) electrons. The van der Waals surface area contributed by atoms with E-state index in [1.807, 2.05) is 38.1 Å². The van der Waals surface area contributed by atoms with Gasteiger partial charge in [0.25, 0.3) is 5.91 Å². The number of aromatic nitrogens is 2. The normalized spacial score (nSPS) is 11.9. The highest BCUT2D eigenvalue weighted by Crippen LogP contribution is 2.17. The number of aryl methyl sites for hydroxylation is 1. The summed E-state index contributed by atoms with van der Waals surface area (Å²) in [4.78, 5) is 29.2. The van der Waals surface area contributed by atoms with Crippen molar-refractivity contribution in [2.24, 2.45) is 0 Å². The molecule has 0 aliphatic carbocycles. The summed E-state index contributed by atoms with van der Waals surface area (Å²) in [6.45, 7) is 3.79. The molecule has 3 N–H and O–H groups in total.